The second kappa shape index (κ2) is 6.70. The molecule has 0 radical (unpaired) electrons. The van der Waals surface area contributed by atoms with Crippen LogP contribution in [0.3, 0.4) is 0 Å². The first-order valence-corrected chi connectivity index (χ1v) is 12.0. The van der Waals surface area contributed by atoms with E-state index < -0.39 is 22.2 Å². The van der Waals surface area contributed by atoms with Crippen LogP contribution in [0.4, 0.5) is 0 Å². The van der Waals surface area contributed by atoms with Crippen molar-refractivity contribution < 1.29 is 19.7 Å². The Hall–Kier alpha value is -0.610. The van der Waals surface area contributed by atoms with Crippen molar-refractivity contribution in [1.82, 2.24) is 0 Å². The van der Waals surface area contributed by atoms with Gasteiger partial charge in [-0.05, 0) is 118 Å². The highest BCUT2D eigenvalue weighted by Gasteiger charge is 2.70. The zero-order chi connectivity index (χ0) is 23.0. The fourth-order valence-corrected chi connectivity index (χ4v) is 7.67. The van der Waals surface area contributed by atoms with Gasteiger partial charge in [0.05, 0.1) is 16.6 Å². The standard InChI is InChI=1S/C26H46O4/c1-10-20(2,3)19(27)30-21(4,5)14-24-11-18-12-25(15-24,22(6,7)28)17-26(13-18,16-24)23(8,9)29/h18,28-29H,10-17H2,1-9H3. The molecular formula is C26H46O4. The van der Waals surface area contributed by atoms with E-state index in [0.29, 0.717) is 5.92 Å². The van der Waals surface area contributed by atoms with Crippen LogP contribution in [0.25, 0.3) is 0 Å². The molecule has 4 rings (SSSR count). The molecule has 2 N–H and O–H groups in total. The van der Waals surface area contributed by atoms with Gasteiger partial charge in [-0.1, -0.05) is 6.92 Å². The molecule has 4 heteroatoms. The van der Waals surface area contributed by atoms with Crippen LogP contribution in [-0.4, -0.2) is 33.0 Å². The molecule has 0 aromatic rings. The molecule has 0 aliphatic heterocycles. The minimum Gasteiger partial charge on any atom is -0.459 e. The second-order valence-corrected chi connectivity index (χ2v) is 13.8. The summed E-state index contributed by atoms with van der Waals surface area (Å²) in [5.74, 6) is 0.381. The van der Waals surface area contributed by atoms with Gasteiger partial charge in [0.25, 0.3) is 0 Å². The molecule has 30 heavy (non-hydrogen) atoms. The summed E-state index contributed by atoms with van der Waals surface area (Å²) in [6.45, 7) is 17.8. The van der Waals surface area contributed by atoms with Gasteiger partial charge in [-0.25, -0.2) is 0 Å². The average Bonchev–Trinajstić information content (AvgIpc) is 2.49. The van der Waals surface area contributed by atoms with Crippen LogP contribution in [0, 0.1) is 27.6 Å². The zero-order valence-corrected chi connectivity index (χ0v) is 20.9. The smallest absolute Gasteiger partial charge is 0.312 e. The van der Waals surface area contributed by atoms with Gasteiger partial charge < -0.3 is 14.9 Å². The van der Waals surface area contributed by atoms with E-state index in [4.69, 9.17) is 4.74 Å². The third-order valence-electron chi connectivity index (χ3n) is 9.39. The first-order valence-electron chi connectivity index (χ1n) is 12.0. The van der Waals surface area contributed by atoms with Gasteiger partial charge in [-0.15, -0.1) is 0 Å². The monoisotopic (exact) mass is 422 g/mol. The topological polar surface area (TPSA) is 66.8 Å². The maximum absolute atomic E-state index is 12.8. The fraction of sp³-hybridized carbons (Fsp3) is 0.962. The molecule has 4 nitrogen and oxygen atoms in total. The largest absolute Gasteiger partial charge is 0.459 e. The van der Waals surface area contributed by atoms with Crippen molar-refractivity contribution in [3.63, 3.8) is 0 Å². The molecule has 174 valence electrons. The number of ether oxygens (including phenoxy) is 1. The Morgan fingerprint density at radius 1 is 0.867 bits per heavy atom. The number of rotatable bonds is 7. The minimum atomic E-state index is -0.792. The average molecular weight is 423 g/mol. The lowest BCUT2D eigenvalue weighted by Crippen LogP contribution is -2.68. The quantitative estimate of drug-likeness (QED) is 0.522. The van der Waals surface area contributed by atoms with Crippen LogP contribution in [-0.2, 0) is 9.53 Å². The highest BCUT2D eigenvalue weighted by molar-refractivity contribution is 5.76. The number of carbonyl (C=O) groups is 1. The van der Waals surface area contributed by atoms with Crippen LogP contribution in [0.2, 0.25) is 0 Å². The number of aliphatic hydroxyl groups is 2. The summed E-state index contributed by atoms with van der Waals surface area (Å²) in [6, 6.07) is 0. The Balaban J connectivity index is 1.95. The van der Waals surface area contributed by atoms with E-state index in [1.807, 2.05) is 62.3 Å². The van der Waals surface area contributed by atoms with Crippen LogP contribution in [0.5, 0.6) is 0 Å². The molecule has 0 spiro atoms. The lowest BCUT2D eigenvalue weighted by molar-refractivity contribution is -0.270. The Bertz CT molecular complexity index is 661. The summed E-state index contributed by atoms with van der Waals surface area (Å²) in [6.07, 6.45) is 7.52. The van der Waals surface area contributed by atoms with Crippen LogP contribution >= 0.6 is 0 Å². The lowest BCUT2D eigenvalue weighted by Gasteiger charge is -2.72. The number of carbonyl (C=O) groups excluding carboxylic acids is 1. The Kier molecular flexibility index (Phi) is 5.37. The molecule has 2 unspecified atom stereocenters. The molecule has 0 saturated heterocycles. The molecule has 0 heterocycles. The van der Waals surface area contributed by atoms with Gasteiger partial charge in [-0.2, -0.15) is 0 Å². The summed E-state index contributed by atoms with van der Waals surface area (Å²) < 4.78 is 6.11. The summed E-state index contributed by atoms with van der Waals surface area (Å²) in [5.41, 5.74) is -3.03. The van der Waals surface area contributed by atoms with Crippen LogP contribution in [0.15, 0.2) is 0 Å². The molecule has 0 aromatic heterocycles. The maximum Gasteiger partial charge on any atom is 0.312 e. The van der Waals surface area contributed by atoms with Crippen molar-refractivity contribution in [3.8, 4) is 0 Å². The van der Waals surface area contributed by atoms with Crippen molar-refractivity contribution in [2.45, 2.75) is 130 Å². The third-order valence-corrected chi connectivity index (χ3v) is 9.39. The molecular weight excluding hydrogens is 376 g/mol. The van der Waals surface area contributed by atoms with Gasteiger partial charge in [0, 0.05) is 10.8 Å². The van der Waals surface area contributed by atoms with Crippen molar-refractivity contribution in [3.05, 3.63) is 0 Å². The van der Waals surface area contributed by atoms with Gasteiger partial charge in [0.15, 0.2) is 0 Å². The van der Waals surface area contributed by atoms with Crippen molar-refractivity contribution in [1.29, 1.82) is 0 Å². The van der Waals surface area contributed by atoms with E-state index in [9.17, 15) is 15.0 Å². The van der Waals surface area contributed by atoms with Gasteiger partial charge in [-0.3, -0.25) is 4.79 Å². The summed E-state index contributed by atoms with van der Waals surface area (Å²) in [4.78, 5) is 12.8. The number of esters is 1. The molecule has 0 aromatic carbocycles. The van der Waals surface area contributed by atoms with E-state index in [1.54, 1.807) is 0 Å². The number of hydrogen-bond acceptors (Lipinski definition) is 4. The highest BCUT2D eigenvalue weighted by atomic mass is 16.6. The lowest BCUT2D eigenvalue weighted by atomic mass is 9.34. The van der Waals surface area contributed by atoms with Gasteiger partial charge in [0.2, 0.25) is 0 Å². The first kappa shape index (κ1) is 24.0. The van der Waals surface area contributed by atoms with Gasteiger partial charge >= 0.3 is 5.97 Å². The molecule has 4 fully saturated rings. The fourth-order valence-electron chi connectivity index (χ4n) is 7.67. The first-order chi connectivity index (χ1) is 13.3. The zero-order valence-electron chi connectivity index (χ0n) is 20.9. The number of hydrogen-bond donors (Lipinski definition) is 2. The molecule has 4 aliphatic rings. The van der Waals surface area contributed by atoms with E-state index >= 15 is 0 Å². The van der Waals surface area contributed by atoms with E-state index in [-0.39, 0.29) is 22.2 Å². The van der Waals surface area contributed by atoms with E-state index in [2.05, 4.69) is 0 Å². The molecule has 0 amide bonds. The van der Waals surface area contributed by atoms with Crippen molar-refractivity contribution in [2.75, 3.05) is 0 Å². The van der Waals surface area contributed by atoms with Crippen molar-refractivity contribution in [2.24, 2.45) is 27.6 Å². The highest BCUT2D eigenvalue weighted by Crippen LogP contribution is 2.75. The Morgan fingerprint density at radius 3 is 1.73 bits per heavy atom. The van der Waals surface area contributed by atoms with Crippen LogP contribution < -0.4 is 0 Å². The van der Waals surface area contributed by atoms with Crippen LogP contribution in [0.1, 0.15) is 114 Å². The van der Waals surface area contributed by atoms with E-state index in [1.165, 1.54) is 0 Å². The second-order valence-electron chi connectivity index (χ2n) is 13.8. The SMILES string of the molecule is CCC(C)(C)C(=O)OC(C)(C)CC12CC3CC(C(C)(C)O)(C1)CC(C(C)(C)O)(C3)C2. The predicted molar refractivity (Wildman–Crippen MR) is 120 cm³/mol. The summed E-state index contributed by atoms with van der Waals surface area (Å²) >= 11 is 0. The predicted octanol–water partition coefficient (Wildman–Crippen LogP) is 5.63. The Morgan fingerprint density at radius 2 is 1.33 bits per heavy atom. The molecule has 4 aliphatic carbocycles. The summed E-state index contributed by atoms with van der Waals surface area (Å²) in [5, 5.41) is 22.6. The molecule has 4 saturated carbocycles. The van der Waals surface area contributed by atoms with E-state index in [0.717, 1.165) is 51.4 Å². The molecule has 2 atom stereocenters. The Labute approximate surface area is 184 Å². The van der Waals surface area contributed by atoms with Crippen molar-refractivity contribution >= 4 is 5.97 Å². The third kappa shape index (κ3) is 3.85. The summed E-state index contributed by atoms with van der Waals surface area (Å²) in [7, 11) is 0. The molecule has 4 bridgehead atoms. The minimum absolute atomic E-state index is 0.0143. The normalized spacial score (nSPS) is 36.8. The maximum atomic E-state index is 12.8. The van der Waals surface area contributed by atoms with Gasteiger partial charge in [0.1, 0.15) is 5.60 Å².